The Labute approximate surface area is 160 Å². The Morgan fingerprint density at radius 2 is 1.81 bits per heavy atom. The second kappa shape index (κ2) is 7.59. The summed E-state index contributed by atoms with van der Waals surface area (Å²) in [5.41, 5.74) is 1.51. The number of rotatable bonds is 4. The molecule has 0 bridgehead atoms. The van der Waals surface area contributed by atoms with E-state index in [9.17, 15) is 9.90 Å². The summed E-state index contributed by atoms with van der Waals surface area (Å²) >= 11 is 0. The van der Waals surface area contributed by atoms with E-state index in [0.717, 1.165) is 50.4 Å². The van der Waals surface area contributed by atoms with Crippen molar-refractivity contribution in [2.45, 2.75) is 39.3 Å². The van der Waals surface area contributed by atoms with Gasteiger partial charge in [-0.25, -0.2) is 4.98 Å². The highest BCUT2D eigenvalue weighted by atomic mass is 16.5. The van der Waals surface area contributed by atoms with Crippen molar-refractivity contribution in [3.8, 4) is 0 Å². The zero-order valence-corrected chi connectivity index (χ0v) is 16.2. The highest BCUT2D eigenvalue weighted by molar-refractivity contribution is 5.98. The van der Waals surface area contributed by atoms with Crippen molar-refractivity contribution in [3.63, 3.8) is 0 Å². The normalized spacial score (nSPS) is 21.3. The number of hydrogen-bond donors (Lipinski definition) is 1. The number of anilines is 2. The summed E-state index contributed by atoms with van der Waals surface area (Å²) in [6.07, 6.45) is 1.90. The molecule has 8 nitrogen and oxygen atoms in total. The maximum absolute atomic E-state index is 12.9. The molecule has 2 fully saturated rings. The number of nitrogens with zero attached hydrogens (tertiary/aromatic N) is 5. The largest absolute Gasteiger partial charge is 0.396 e. The minimum Gasteiger partial charge on any atom is -0.396 e. The number of ether oxygens (including phenoxy) is 1. The van der Waals surface area contributed by atoms with Crippen LogP contribution in [-0.2, 0) is 11.3 Å². The minimum atomic E-state index is 0.00315. The van der Waals surface area contributed by atoms with Gasteiger partial charge < -0.3 is 24.5 Å². The van der Waals surface area contributed by atoms with Crippen LogP contribution in [0.4, 0.5) is 11.8 Å². The van der Waals surface area contributed by atoms with Gasteiger partial charge in [-0.05, 0) is 32.6 Å². The van der Waals surface area contributed by atoms with Crippen LogP contribution in [0.15, 0.2) is 0 Å². The molecule has 148 valence electrons. The number of hydrogen-bond acceptors (Lipinski definition) is 7. The molecule has 3 aliphatic heterocycles. The lowest BCUT2D eigenvalue weighted by Crippen LogP contribution is -2.39. The first-order valence-electron chi connectivity index (χ1n) is 9.99. The van der Waals surface area contributed by atoms with E-state index in [0.29, 0.717) is 37.3 Å². The van der Waals surface area contributed by atoms with Crippen LogP contribution in [0.3, 0.4) is 0 Å². The van der Waals surface area contributed by atoms with Crippen LogP contribution >= 0.6 is 0 Å². The third-order valence-electron chi connectivity index (χ3n) is 5.85. The van der Waals surface area contributed by atoms with Gasteiger partial charge in [-0.1, -0.05) is 0 Å². The molecule has 0 aromatic carbocycles. The van der Waals surface area contributed by atoms with E-state index < -0.39 is 0 Å². The molecule has 1 N–H and O–H groups in total. The van der Waals surface area contributed by atoms with Gasteiger partial charge in [0.05, 0.1) is 19.8 Å². The fourth-order valence-electron chi connectivity index (χ4n) is 4.07. The average molecular weight is 375 g/mol. The van der Waals surface area contributed by atoms with Gasteiger partial charge in [-0.3, -0.25) is 4.79 Å². The number of carbonyl (C=O) groups excluding carboxylic acids is 1. The Bertz CT molecular complexity index is 697. The predicted octanol–water partition coefficient (Wildman–Crippen LogP) is 0.886. The van der Waals surface area contributed by atoms with Gasteiger partial charge in [0.1, 0.15) is 11.5 Å². The average Bonchev–Trinajstić information content (AvgIpc) is 3.05. The van der Waals surface area contributed by atoms with Crippen LogP contribution in [-0.4, -0.2) is 77.9 Å². The van der Waals surface area contributed by atoms with E-state index in [1.165, 1.54) is 0 Å². The summed E-state index contributed by atoms with van der Waals surface area (Å²) in [7, 11) is 0. The maximum atomic E-state index is 12.9. The fourth-order valence-corrected chi connectivity index (χ4v) is 4.07. The number of aliphatic hydroxyl groups excluding tert-OH is 1. The molecule has 0 unspecified atom stereocenters. The van der Waals surface area contributed by atoms with E-state index >= 15 is 0 Å². The number of amides is 1. The van der Waals surface area contributed by atoms with E-state index in [-0.39, 0.29) is 18.6 Å². The van der Waals surface area contributed by atoms with Crippen molar-refractivity contribution >= 4 is 17.7 Å². The molecule has 1 amide bonds. The molecule has 0 atom stereocenters. The topological polar surface area (TPSA) is 82.0 Å². The van der Waals surface area contributed by atoms with Crippen molar-refractivity contribution < 1.29 is 14.6 Å². The minimum absolute atomic E-state index is 0.00315. The summed E-state index contributed by atoms with van der Waals surface area (Å²) in [5.74, 6) is 1.90. The van der Waals surface area contributed by atoms with Gasteiger partial charge in [0.2, 0.25) is 5.95 Å². The van der Waals surface area contributed by atoms with Gasteiger partial charge in [-0.2, -0.15) is 4.98 Å². The van der Waals surface area contributed by atoms with Crippen LogP contribution < -0.4 is 9.80 Å². The first-order chi connectivity index (χ1) is 13.1. The molecule has 1 aromatic rings. The standard InChI is InChI=1S/C19H29N5O3/c1-13(2)24-11-15-16(18(24)26)20-19(23-7-9-27-10-8-23)21-17(15)22-5-3-14(12-25)4-6-22/h13-14,25H,3-12H2,1-2H3. The molecular weight excluding hydrogens is 346 g/mol. The van der Waals surface area contributed by atoms with E-state index in [2.05, 4.69) is 14.8 Å². The second-order valence-electron chi connectivity index (χ2n) is 7.91. The molecule has 4 rings (SSSR count). The second-order valence-corrected chi connectivity index (χ2v) is 7.91. The van der Waals surface area contributed by atoms with Crippen LogP contribution in [0.1, 0.15) is 42.7 Å². The Morgan fingerprint density at radius 3 is 2.44 bits per heavy atom. The van der Waals surface area contributed by atoms with Crippen molar-refractivity contribution in [3.05, 3.63) is 11.3 Å². The van der Waals surface area contributed by atoms with E-state index in [1.807, 2.05) is 18.7 Å². The molecule has 3 aliphatic rings. The number of aliphatic hydroxyl groups is 1. The lowest BCUT2D eigenvalue weighted by Gasteiger charge is -2.34. The zero-order valence-electron chi connectivity index (χ0n) is 16.2. The Hall–Kier alpha value is -1.93. The highest BCUT2D eigenvalue weighted by Gasteiger charge is 2.36. The third-order valence-corrected chi connectivity index (χ3v) is 5.85. The van der Waals surface area contributed by atoms with Gasteiger partial charge in [0, 0.05) is 44.4 Å². The monoisotopic (exact) mass is 375 g/mol. The van der Waals surface area contributed by atoms with Gasteiger partial charge in [-0.15, -0.1) is 0 Å². The van der Waals surface area contributed by atoms with Gasteiger partial charge in [0.15, 0.2) is 0 Å². The molecule has 0 spiro atoms. The van der Waals surface area contributed by atoms with Crippen molar-refractivity contribution in [1.29, 1.82) is 0 Å². The zero-order chi connectivity index (χ0) is 19.0. The number of morpholine rings is 1. The lowest BCUT2D eigenvalue weighted by atomic mass is 9.97. The summed E-state index contributed by atoms with van der Waals surface area (Å²) in [6.45, 7) is 9.39. The first kappa shape index (κ1) is 18.4. The molecule has 2 saturated heterocycles. The molecule has 0 radical (unpaired) electrons. The molecule has 4 heterocycles. The maximum Gasteiger partial charge on any atom is 0.273 e. The Balaban J connectivity index is 1.70. The number of piperidine rings is 1. The van der Waals surface area contributed by atoms with Gasteiger partial charge in [0.25, 0.3) is 5.91 Å². The highest BCUT2D eigenvalue weighted by Crippen LogP contribution is 2.34. The molecule has 1 aromatic heterocycles. The number of carbonyl (C=O) groups is 1. The lowest BCUT2D eigenvalue weighted by molar-refractivity contribution is 0.0726. The summed E-state index contributed by atoms with van der Waals surface area (Å²) in [5, 5.41) is 9.43. The summed E-state index contributed by atoms with van der Waals surface area (Å²) in [4.78, 5) is 28.8. The van der Waals surface area contributed by atoms with Crippen LogP contribution in [0.2, 0.25) is 0 Å². The van der Waals surface area contributed by atoms with E-state index in [4.69, 9.17) is 9.72 Å². The third kappa shape index (κ3) is 3.48. The van der Waals surface area contributed by atoms with Crippen molar-refractivity contribution in [2.24, 2.45) is 5.92 Å². The van der Waals surface area contributed by atoms with Crippen molar-refractivity contribution in [2.75, 3.05) is 55.8 Å². The van der Waals surface area contributed by atoms with Gasteiger partial charge >= 0.3 is 0 Å². The number of fused-ring (bicyclic) bond motifs is 1. The molecule has 27 heavy (non-hydrogen) atoms. The van der Waals surface area contributed by atoms with Crippen LogP contribution in [0.5, 0.6) is 0 Å². The SMILES string of the molecule is CC(C)N1Cc2c(nc(N3CCOCC3)nc2N2CCC(CO)CC2)C1=O. The van der Waals surface area contributed by atoms with Crippen LogP contribution in [0.25, 0.3) is 0 Å². The smallest absolute Gasteiger partial charge is 0.273 e. The Morgan fingerprint density at radius 1 is 1.11 bits per heavy atom. The van der Waals surface area contributed by atoms with Crippen molar-refractivity contribution in [1.82, 2.24) is 14.9 Å². The first-order valence-corrected chi connectivity index (χ1v) is 9.99. The van der Waals surface area contributed by atoms with E-state index in [1.54, 1.807) is 0 Å². The van der Waals surface area contributed by atoms with Crippen LogP contribution in [0, 0.1) is 5.92 Å². The summed E-state index contributed by atoms with van der Waals surface area (Å²) in [6, 6.07) is 0.131. The quantitative estimate of drug-likeness (QED) is 0.837. The molecule has 0 aliphatic carbocycles. The Kier molecular flexibility index (Phi) is 5.19. The number of aromatic nitrogens is 2. The summed E-state index contributed by atoms with van der Waals surface area (Å²) < 4.78 is 5.45. The molecule has 8 heteroatoms. The molecule has 0 saturated carbocycles. The molecular formula is C19H29N5O3. The predicted molar refractivity (Wildman–Crippen MR) is 102 cm³/mol. The fraction of sp³-hybridized carbons (Fsp3) is 0.737.